The van der Waals surface area contributed by atoms with Crippen LogP contribution in [0.2, 0.25) is 0 Å². The zero-order valence-corrected chi connectivity index (χ0v) is 15.6. The molecule has 2 amide bonds. The lowest BCUT2D eigenvalue weighted by atomic mass is 10.1. The molecule has 1 aliphatic heterocycles. The van der Waals surface area contributed by atoms with Crippen molar-refractivity contribution in [3.63, 3.8) is 0 Å². The van der Waals surface area contributed by atoms with Gasteiger partial charge in [-0.1, -0.05) is 31.9 Å². The second-order valence-electron chi connectivity index (χ2n) is 7.74. The number of likely N-dealkylation sites (tertiary alicyclic amines) is 1. The standard InChI is InChI=1S/C21H29FN2O2/c1-2-3-4-11-23(13-17-7-9-19(22)10-8-17)21(26)18-12-20(25)24(15-18)14-16-5-6-16/h7-10,16,18H,2-6,11-15H2,1H3. The number of nitrogens with zero attached hydrogens (tertiary/aromatic N) is 2. The van der Waals surface area contributed by atoms with Crippen LogP contribution in [0.5, 0.6) is 0 Å². The molecule has 4 nitrogen and oxygen atoms in total. The second-order valence-corrected chi connectivity index (χ2v) is 7.74. The Labute approximate surface area is 155 Å². The Morgan fingerprint density at radius 1 is 1.23 bits per heavy atom. The van der Waals surface area contributed by atoms with E-state index in [1.807, 2.05) is 9.80 Å². The summed E-state index contributed by atoms with van der Waals surface area (Å²) in [5.74, 6) is 0.327. The van der Waals surface area contributed by atoms with Crippen LogP contribution in [-0.4, -0.2) is 41.2 Å². The molecule has 0 aromatic heterocycles. The van der Waals surface area contributed by atoms with Crippen molar-refractivity contribution < 1.29 is 14.0 Å². The Kier molecular flexibility index (Phi) is 6.28. The fourth-order valence-corrected chi connectivity index (χ4v) is 3.61. The molecule has 0 radical (unpaired) electrons. The zero-order chi connectivity index (χ0) is 18.5. The number of carbonyl (C=O) groups is 2. The van der Waals surface area contributed by atoms with E-state index in [2.05, 4.69) is 6.92 Å². The van der Waals surface area contributed by atoms with Crippen LogP contribution in [0.3, 0.4) is 0 Å². The van der Waals surface area contributed by atoms with Gasteiger partial charge >= 0.3 is 0 Å². The van der Waals surface area contributed by atoms with Crippen molar-refractivity contribution in [2.75, 3.05) is 19.6 Å². The molecule has 26 heavy (non-hydrogen) atoms. The summed E-state index contributed by atoms with van der Waals surface area (Å²) in [7, 11) is 0. The van der Waals surface area contributed by atoms with E-state index in [1.54, 1.807) is 12.1 Å². The summed E-state index contributed by atoms with van der Waals surface area (Å²) in [5.41, 5.74) is 0.926. The fourth-order valence-electron chi connectivity index (χ4n) is 3.61. The lowest BCUT2D eigenvalue weighted by Crippen LogP contribution is -2.38. The maximum absolute atomic E-state index is 13.1. The minimum absolute atomic E-state index is 0.0667. The summed E-state index contributed by atoms with van der Waals surface area (Å²) < 4.78 is 13.1. The smallest absolute Gasteiger partial charge is 0.228 e. The first-order valence-corrected chi connectivity index (χ1v) is 9.87. The SMILES string of the molecule is CCCCCN(Cc1ccc(F)cc1)C(=O)C1CC(=O)N(CC2CC2)C1. The molecule has 1 aromatic carbocycles. The molecule has 0 spiro atoms. The van der Waals surface area contributed by atoms with Gasteiger partial charge in [0.2, 0.25) is 11.8 Å². The maximum Gasteiger partial charge on any atom is 0.228 e. The third-order valence-corrected chi connectivity index (χ3v) is 5.37. The normalized spacial score (nSPS) is 19.8. The van der Waals surface area contributed by atoms with Gasteiger partial charge in [0.1, 0.15) is 5.82 Å². The van der Waals surface area contributed by atoms with Gasteiger partial charge in [0.25, 0.3) is 0 Å². The number of unbranched alkanes of at least 4 members (excludes halogenated alkanes) is 2. The Balaban J connectivity index is 1.63. The van der Waals surface area contributed by atoms with Crippen LogP contribution in [0, 0.1) is 17.7 Å². The van der Waals surface area contributed by atoms with Crippen LogP contribution >= 0.6 is 0 Å². The highest BCUT2D eigenvalue weighted by atomic mass is 19.1. The van der Waals surface area contributed by atoms with E-state index in [0.717, 1.165) is 31.4 Å². The molecule has 1 heterocycles. The summed E-state index contributed by atoms with van der Waals surface area (Å²) in [6.45, 7) is 4.68. The van der Waals surface area contributed by atoms with Gasteiger partial charge in [-0.3, -0.25) is 9.59 Å². The van der Waals surface area contributed by atoms with Gasteiger partial charge < -0.3 is 9.80 Å². The van der Waals surface area contributed by atoms with Gasteiger partial charge in [0.05, 0.1) is 5.92 Å². The lowest BCUT2D eigenvalue weighted by Gasteiger charge is -2.26. The number of benzene rings is 1. The Morgan fingerprint density at radius 2 is 1.96 bits per heavy atom. The van der Waals surface area contributed by atoms with Crippen molar-refractivity contribution in [2.45, 2.75) is 52.0 Å². The van der Waals surface area contributed by atoms with E-state index in [4.69, 9.17) is 0 Å². The molecular weight excluding hydrogens is 331 g/mol. The molecule has 1 saturated carbocycles. The summed E-state index contributed by atoms with van der Waals surface area (Å²) in [6, 6.07) is 6.32. The Morgan fingerprint density at radius 3 is 2.62 bits per heavy atom. The lowest BCUT2D eigenvalue weighted by molar-refractivity contribution is -0.136. The van der Waals surface area contributed by atoms with Crippen LogP contribution in [0.25, 0.3) is 0 Å². The van der Waals surface area contributed by atoms with Crippen molar-refractivity contribution in [2.24, 2.45) is 11.8 Å². The third-order valence-electron chi connectivity index (χ3n) is 5.37. The topological polar surface area (TPSA) is 40.6 Å². The molecule has 1 aromatic rings. The average molecular weight is 360 g/mol. The monoisotopic (exact) mass is 360 g/mol. The van der Waals surface area contributed by atoms with Gasteiger partial charge in [-0.15, -0.1) is 0 Å². The molecule has 2 aliphatic rings. The quantitative estimate of drug-likeness (QED) is 0.631. The first-order chi connectivity index (χ1) is 12.6. The molecule has 0 bridgehead atoms. The van der Waals surface area contributed by atoms with Crippen LogP contribution in [0.15, 0.2) is 24.3 Å². The largest absolute Gasteiger partial charge is 0.342 e. The number of amides is 2. The van der Waals surface area contributed by atoms with Crippen molar-refractivity contribution in [1.82, 2.24) is 9.80 Å². The number of rotatable bonds is 9. The molecule has 3 rings (SSSR count). The summed E-state index contributed by atoms with van der Waals surface area (Å²) >= 11 is 0. The average Bonchev–Trinajstić information content (AvgIpc) is 3.37. The zero-order valence-electron chi connectivity index (χ0n) is 15.6. The van der Waals surface area contributed by atoms with E-state index >= 15 is 0 Å². The number of halogens is 1. The highest BCUT2D eigenvalue weighted by molar-refractivity contribution is 5.89. The fraction of sp³-hybridized carbons (Fsp3) is 0.619. The highest BCUT2D eigenvalue weighted by Crippen LogP contribution is 2.32. The summed E-state index contributed by atoms with van der Waals surface area (Å²) in [5, 5.41) is 0. The number of hydrogen-bond acceptors (Lipinski definition) is 2. The predicted molar refractivity (Wildman–Crippen MR) is 98.8 cm³/mol. The molecule has 1 aliphatic carbocycles. The number of hydrogen-bond donors (Lipinski definition) is 0. The maximum atomic E-state index is 13.1. The molecule has 1 unspecified atom stereocenters. The van der Waals surface area contributed by atoms with Gasteiger partial charge in [-0.05, 0) is 42.9 Å². The van der Waals surface area contributed by atoms with Gasteiger partial charge in [0, 0.05) is 32.6 Å². The molecule has 1 saturated heterocycles. The van der Waals surface area contributed by atoms with Crippen LogP contribution in [0.4, 0.5) is 4.39 Å². The van der Waals surface area contributed by atoms with E-state index in [-0.39, 0.29) is 23.5 Å². The van der Waals surface area contributed by atoms with Gasteiger partial charge in [-0.25, -0.2) is 4.39 Å². The molecule has 0 N–H and O–H groups in total. The molecule has 5 heteroatoms. The minimum atomic E-state index is -0.269. The van der Waals surface area contributed by atoms with Crippen molar-refractivity contribution in [3.8, 4) is 0 Å². The third kappa shape index (κ3) is 5.05. The number of carbonyl (C=O) groups excluding carboxylic acids is 2. The van der Waals surface area contributed by atoms with E-state index in [1.165, 1.54) is 25.0 Å². The molecule has 1 atom stereocenters. The second kappa shape index (κ2) is 8.65. The molecular formula is C21H29FN2O2. The van der Waals surface area contributed by atoms with Gasteiger partial charge in [0.15, 0.2) is 0 Å². The Hall–Kier alpha value is -1.91. The first-order valence-electron chi connectivity index (χ1n) is 9.87. The summed E-state index contributed by atoms with van der Waals surface area (Å²) in [6.07, 6.45) is 5.86. The van der Waals surface area contributed by atoms with Crippen LogP contribution < -0.4 is 0 Å². The van der Waals surface area contributed by atoms with Gasteiger partial charge in [-0.2, -0.15) is 0 Å². The van der Waals surface area contributed by atoms with Crippen molar-refractivity contribution in [3.05, 3.63) is 35.6 Å². The first kappa shape index (κ1) is 18.9. The van der Waals surface area contributed by atoms with Crippen LogP contribution in [-0.2, 0) is 16.1 Å². The minimum Gasteiger partial charge on any atom is -0.342 e. The highest BCUT2D eigenvalue weighted by Gasteiger charge is 2.38. The molecule has 142 valence electrons. The summed E-state index contributed by atoms with van der Waals surface area (Å²) in [4.78, 5) is 29.1. The van der Waals surface area contributed by atoms with Crippen molar-refractivity contribution in [1.29, 1.82) is 0 Å². The van der Waals surface area contributed by atoms with E-state index in [0.29, 0.717) is 32.0 Å². The predicted octanol–water partition coefficient (Wildman–Crippen LogP) is 3.60. The van der Waals surface area contributed by atoms with Crippen LogP contribution in [0.1, 0.15) is 51.0 Å². The van der Waals surface area contributed by atoms with E-state index < -0.39 is 0 Å². The van der Waals surface area contributed by atoms with Crippen molar-refractivity contribution >= 4 is 11.8 Å². The Bertz CT molecular complexity index is 627. The molecule has 2 fully saturated rings. The van der Waals surface area contributed by atoms with E-state index in [9.17, 15) is 14.0 Å².